The highest BCUT2D eigenvalue weighted by Gasteiger charge is 2.05. The van der Waals surface area contributed by atoms with Crippen molar-refractivity contribution >= 4 is 10.8 Å². The van der Waals surface area contributed by atoms with E-state index in [1.165, 1.54) is 17.5 Å². The Kier molecular flexibility index (Phi) is 3.95. The summed E-state index contributed by atoms with van der Waals surface area (Å²) >= 11 is 0. The number of benzene rings is 1. The molecule has 0 spiro atoms. The van der Waals surface area contributed by atoms with Crippen LogP contribution >= 0.6 is 0 Å². The molecular formula is C9H14N2O2S. The SMILES string of the molecule is [2H]S(N)(=O)=O.c1ccc2c(c1)CCNC2. The Balaban J connectivity index is 0.000000195. The van der Waals surface area contributed by atoms with Crippen LogP contribution < -0.4 is 10.5 Å². The summed E-state index contributed by atoms with van der Waals surface area (Å²) in [5.74, 6) is 0. The van der Waals surface area contributed by atoms with Crippen LogP contribution in [-0.2, 0) is 23.8 Å². The number of thiol groups is 1. The van der Waals surface area contributed by atoms with Crippen LogP contribution in [0.15, 0.2) is 24.3 Å². The van der Waals surface area contributed by atoms with Gasteiger partial charge >= 0.3 is 0 Å². The third-order valence-electron chi connectivity index (χ3n) is 2.00. The van der Waals surface area contributed by atoms with E-state index in [1.54, 1.807) is 0 Å². The number of hydrogen-bond acceptors (Lipinski definition) is 3. The maximum absolute atomic E-state index is 9.08. The lowest BCUT2D eigenvalue weighted by atomic mass is 10.0. The van der Waals surface area contributed by atoms with Gasteiger partial charge < -0.3 is 5.32 Å². The zero-order chi connectivity index (χ0) is 11.3. The molecule has 1 aromatic carbocycles. The van der Waals surface area contributed by atoms with Crippen molar-refractivity contribution in [3.05, 3.63) is 35.4 Å². The van der Waals surface area contributed by atoms with E-state index in [0.29, 0.717) is 0 Å². The van der Waals surface area contributed by atoms with E-state index in [0.717, 1.165) is 13.1 Å². The summed E-state index contributed by atoms with van der Waals surface area (Å²) in [4.78, 5) is 0. The van der Waals surface area contributed by atoms with Gasteiger partial charge in [-0.05, 0) is 24.1 Å². The molecule has 1 aromatic rings. The Morgan fingerprint density at radius 3 is 2.50 bits per heavy atom. The van der Waals surface area contributed by atoms with E-state index in [4.69, 9.17) is 9.54 Å². The Labute approximate surface area is 86.3 Å². The minimum Gasteiger partial charge on any atom is -0.312 e. The second kappa shape index (κ2) is 5.74. The molecule has 0 atom stereocenters. The monoisotopic (exact) mass is 215 g/mol. The number of rotatable bonds is 0. The summed E-state index contributed by atoms with van der Waals surface area (Å²) < 4.78 is 23.8. The lowest BCUT2D eigenvalue weighted by molar-refractivity contribution is 0.616. The summed E-state index contributed by atoms with van der Waals surface area (Å²) in [6.07, 6.45) is 1.19. The highest BCUT2D eigenvalue weighted by atomic mass is 32.2. The van der Waals surface area contributed by atoms with Crippen molar-refractivity contribution in [3.63, 3.8) is 0 Å². The molecule has 5 heteroatoms. The number of fused-ring (bicyclic) bond motifs is 1. The van der Waals surface area contributed by atoms with Crippen LogP contribution in [0.2, 0.25) is 0 Å². The third-order valence-corrected chi connectivity index (χ3v) is 2.00. The lowest BCUT2D eigenvalue weighted by Crippen LogP contribution is -2.23. The lowest BCUT2D eigenvalue weighted by Gasteiger charge is -2.15. The van der Waals surface area contributed by atoms with Crippen molar-refractivity contribution in [3.8, 4) is 0 Å². The fraction of sp³-hybridized carbons (Fsp3) is 0.333. The average Bonchev–Trinajstić information content (AvgIpc) is 2.16. The van der Waals surface area contributed by atoms with Crippen LogP contribution in [0.25, 0.3) is 0 Å². The minimum atomic E-state index is -3.92. The van der Waals surface area contributed by atoms with Gasteiger partial charge in [-0.25, -0.2) is 13.6 Å². The molecule has 3 N–H and O–H groups in total. The molecule has 0 fully saturated rings. The standard InChI is InChI=1S/C9H11N.H3NO2S/c1-2-4-9-7-10-6-5-8(9)3-1;1-4(2)3/h1-4,10H,5-7H2;4H,(H2,1,2,3)/i;4D. The van der Waals surface area contributed by atoms with E-state index in [-0.39, 0.29) is 0 Å². The van der Waals surface area contributed by atoms with Gasteiger partial charge in [-0.2, -0.15) is 0 Å². The van der Waals surface area contributed by atoms with Crippen molar-refractivity contribution < 1.29 is 8.42 Å². The average molecular weight is 215 g/mol. The van der Waals surface area contributed by atoms with Crippen molar-refractivity contribution in [1.29, 1.82) is 1.12 Å². The van der Waals surface area contributed by atoms with Crippen molar-refractivity contribution in [1.82, 2.24) is 5.32 Å². The second-order valence-electron chi connectivity index (χ2n) is 2.96. The van der Waals surface area contributed by atoms with Gasteiger partial charge in [-0.1, -0.05) is 24.3 Å². The molecular weight excluding hydrogens is 200 g/mol. The van der Waals surface area contributed by atoms with E-state index in [1.807, 2.05) is 0 Å². The van der Waals surface area contributed by atoms with Crippen molar-refractivity contribution in [2.75, 3.05) is 6.54 Å². The Bertz CT molecular complexity index is 387. The molecule has 0 saturated heterocycles. The molecule has 1 aliphatic heterocycles. The molecule has 0 saturated carbocycles. The van der Waals surface area contributed by atoms with Crippen LogP contribution in [0, 0.1) is 0 Å². The molecule has 0 radical (unpaired) electrons. The van der Waals surface area contributed by atoms with Gasteiger partial charge in [0.1, 0.15) is 0 Å². The van der Waals surface area contributed by atoms with Gasteiger partial charge in [0.2, 0.25) is 0 Å². The third kappa shape index (κ3) is 3.87. The quantitative estimate of drug-likeness (QED) is 0.525. The fourth-order valence-corrected chi connectivity index (χ4v) is 1.42. The fourth-order valence-electron chi connectivity index (χ4n) is 1.42. The van der Waals surface area contributed by atoms with Crippen LogP contribution in [0.5, 0.6) is 0 Å². The van der Waals surface area contributed by atoms with Crippen molar-refractivity contribution in [2.45, 2.75) is 13.0 Å². The summed E-state index contributed by atoms with van der Waals surface area (Å²) in [5.41, 5.74) is 2.98. The first-order chi connectivity index (χ1) is 6.97. The maximum atomic E-state index is 9.08. The molecule has 0 unspecified atom stereocenters. The number of nitrogens with one attached hydrogen (secondary N) is 1. The minimum absolute atomic E-state index is 1.05. The van der Waals surface area contributed by atoms with E-state index >= 15 is 0 Å². The molecule has 1 aliphatic rings. The van der Waals surface area contributed by atoms with Gasteiger partial charge in [0.25, 0.3) is 0 Å². The van der Waals surface area contributed by atoms with Crippen LogP contribution in [0.4, 0.5) is 0 Å². The number of hydrogen-bond donors (Lipinski definition) is 3. The summed E-state index contributed by atoms with van der Waals surface area (Å²) in [5, 5.41) is 7.33. The molecule has 14 heavy (non-hydrogen) atoms. The van der Waals surface area contributed by atoms with Gasteiger partial charge in [-0.15, -0.1) is 0 Å². The number of nitrogens with two attached hydrogens (primary N) is 1. The van der Waals surface area contributed by atoms with Crippen LogP contribution in [0.1, 0.15) is 11.1 Å². The van der Waals surface area contributed by atoms with E-state index in [2.05, 4.69) is 34.7 Å². The molecule has 0 aromatic heterocycles. The maximum Gasteiger partial charge on any atom is 0.198 e. The Morgan fingerprint density at radius 1 is 1.36 bits per heavy atom. The molecule has 78 valence electrons. The van der Waals surface area contributed by atoms with E-state index < -0.39 is 10.8 Å². The second-order valence-corrected chi connectivity index (χ2v) is 3.48. The molecule has 0 aliphatic carbocycles. The highest BCUT2D eigenvalue weighted by Crippen LogP contribution is 2.11. The normalized spacial score (nSPS) is 15.9. The van der Waals surface area contributed by atoms with Gasteiger partial charge in [0.05, 0.1) is 0 Å². The van der Waals surface area contributed by atoms with Crippen LogP contribution in [0.3, 0.4) is 0 Å². The Morgan fingerprint density at radius 2 is 1.93 bits per heavy atom. The zero-order valence-corrected chi connectivity index (χ0v) is 8.55. The molecule has 0 amide bonds. The molecule has 1 heterocycles. The van der Waals surface area contributed by atoms with E-state index in [9.17, 15) is 0 Å². The summed E-state index contributed by atoms with van der Waals surface area (Å²) in [6, 6.07) is 8.63. The van der Waals surface area contributed by atoms with Gasteiger partial charge in [-0.3, -0.25) is 0 Å². The predicted octanol–water partition coefficient (Wildman–Crippen LogP) is -0.196. The first-order valence-corrected chi connectivity index (χ1v) is 5.45. The van der Waals surface area contributed by atoms with Gasteiger partial charge in [0.15, 0.2) is 11.9 Å². The summed E-state index contributed by atoms with van der Waals surface area (Å²) in [7, 11) is -3.92. The van der Waals surface area contributed by atoms with Gasteiger partial charge in [0, 0.05) is 6.54 Å². The van der Waals surface area contributed by atoms with Crippen molar-refractivity contribution in [2.24, 2.45) is 5.14 Å². The smallest absolute Gasteiger partial charge is 0.198 e. The zero-order valence-electron chi connectivity index (χ0n) is 8.73. The molecule has 2 rings (SSSR count). The highest BCUT2D eigenvalue weighted by molar-refractivity contribution is 7.69. The molecule has 0 bridgehead atoms. The van der Waals surface area contributed by atoms with Crippen LogP contribution in [-0.4, -0.2) is 16.1 Å². The molecule has 4 nitrogen and oxygen atoms in total. The first kappa shape index (κ1) is 9.64. The summed E-state index contributed by atoms with van der Waals surface area (Å²) in [6.45, 7) is 2.19. The topological polar surface area (TPSA) is 72.2 Å². The Hall–Kier alpha value is -0.910. The first-order valence-electron chi connectivity index (χ1n) is 4.72. The largest absolute Gasteiger partial charge is 0.312 e. The predicted molar refractivity (Wildman–Crippen MR) is 56.4 cm³/mol.